The molecule has 2 N–H and O–H groups in total. The molecule has 0 fully saturated rings. The molecule has 1 aromatic rings. The number of anilines is 1. The fourth-order valence-electron chi connectivity index (χ4n) is 1.44. The molecule has 7 nitrogen and oxygen atoms in total. The molecule has 1 amide bonds. The minimum Gasteiger partial charge on any atom is -0.321 e. The van der Waals surface area contributed by atoms with E-state index in [2.05, 4.69) is 0 Å². The third kappa shape index (κ3) is 4.95. The number of sulfone groups is 1. The van der Waals surface area contributed by atoms with Crippen molar-refractivity contribution in [1.82, 2.24) is 0 Å². The Bertz CT molecular complexity index is 698. The van der Waals surface area contributed by atoms with Crippen LogP contribution in [-0.4, -0.2) is 49.0 Å². The second-order valence-electron chi connectivity index (χ2n) is 4.16. The number of primary sulfonamides is 1. The lowest BCUT2D eigenvalue weighted by molar-refractivity contribution is 0.264. The van der Waals surface area contributed by atoms with Crippen LogP contribution in [0.2, 0.25) is 0 Å². The molecule has 0 bridgehead atoms. The maximum atomic E-state index is 11.3. The van der Waals surface area contributed by atoms with Crippen LogP contribution in [0, 0.1) is 0 Å². The van der Waals surface area contributed by atoms with Crippen LogP contribution in [0.25, 0.3) is 0 Å². The van der Waals surface area contributed by atoms with Gasteiger partial charge in [-0.25, -0.2) is 22.0 Å². The Labute approximate surface area is 119 Å². The lowest BCUT2D eigenvalue weighted by Crippen LogP contribution is -2.34. The molecule has 0 aliphatic rings. The van der Waals surface area contributed by atoms with Crippen LogP contribution >= 0.6 is 0 Å². The summed E-state index contributed by atoms with van der Waals surface area (Å²) >= 11 is 0. The van der Waals surface area contributed by atoms with Crippen molar-refractivity contribution in [1.29, 1.82) is 0 Å². The van der Waals surface area contributed by atoms with Crippen LogP contribution < -0.4 is 10.0 Å². The number of hydrogen-bond donors (Lipinski definition) is 1. The number of nitrogens with two attached hydrogens (primary N) is 1. The topological polar surface area (TPSA) is 115 Å². The van der Waals surface area contributed by atoms with E-state index in [1.807, 2.05) is 0 Å². The highest BCUT2D eigenvalue weighted by Gasteiger charge is 2.15. The third-order valence-electron chi connectivity index (χ3n) is 2.43. The Kier molecular flexibility index (Phi) is 4.95. The van der Waals surface area contributed by atoms with Crippen LogP contribution in [0.1, 0.15) is 0 Å². The van der Waals surface area contributed by atoms with Crippen LogP contribution in [0.4, 0.5) is 10.5 Å². The van der Waals surface area contributed by atoms with Crippen LogP contribution in [-0.2, 0) is 19.9 Å². The molecule has 0 aliphatic carbocycles. The number of nitrogens with zero attached hydrogens (tertiary/aromatic N) is 1. The van der Waals surface area contributed by atoms with Gasteiger partial charge >= 0.3 is 0 Å². The van der Waals surface area contributed by atoms with E-state index in [1.54, 1.807) is 0 Å². The largest absolute Gasteiger partial charge is 0.321 e. The second-order valence-corrected chi connectivity index (χ2v) is 7.98. The maximum absolute atomic E-state index is 11.3. The molecule has 10 heteroatoms. The van der Waals surface area contributed by atoms with Crippen LogP contribution in [0.5, 0.6) is 0 Å². The number of sulfonamides is 1. The smallest absolute Gasteiger partial charge is 0.238 e. The molecule has 2 radical (unpaired) electrons. The van der Waals surface area contributed by atoms with Gasteiger partial charge in [-0.1, -0.05) is 0 Å². The lowest BCUT2D eigenvalue weighted by Gasteiger charge is -2.21. The summed E-state index contributed by atoms with van der Waals surface area (Å²) in [5.41, 5.74) is 0.286. The summed E-state index contributed by atoms with van der Waals surface area (Å²) in [5, 5.41) is 4.95. The van der Waals surface area contributed by atoms with Gasteiger partial charge in [0.15, 0.2) is 5.81 Å². The summed E-state index contributed by atoms with van der Waals surface area (Å²) in [4.78, 5) is 12.2. The summed E-state index contributed by atoms with van der Waals surface area (Å²) < 4.78 is 44.4. The number of benzene rings is 1. The second kappa shape index (κ2) is 5.94. The predicted octanol–water partition coefficient (Wildman–Crippen LogP) is -0.526. The summed E-state index contributed by atoms with van der Waals surface area (Å²) in [6.45, 7) is -0.122. The molecular weight excluding hydrogens is 303 g/mol. The van der Waals surface area contributed by atoms with Gasteiger partial charge in [0.1, 0.15) is 9.84 Å². The number of amides is 1. The first-order valence-corrected chi connectivity index (χ1v) is 8.99. The van der Waals surface area contributed by atoms with Gasteiger partial charge in [0.05, 0.1) is 10.6 Å². The number of rotatable bonds is 5. The van der Waals surface area contributed by atoms with Crippen molar-refractivity contribution in [3.8, 4) is 0 Å². The molecule has 20 heavy (non-hydrogen) atoms. The first-order chi connectivity index (χ1) is 9.00. The fourth-order valence-corrected chi connectivity index (χ4v) is 2.47. The number of carbonyl (C=O) groups is 1. The molecular formula is C10H13BN2O5S2. The minimum atomic E-state index is -3.83. The van der Waals surface area contributed by atoms with Crippen molar-refractivity contribution in [2.24, 2.45) is 5.14 Å². The van der Waals surface area contributed by atoms with Crippen molar-refractivity contribution in [3.05, 3.63) is 24.3 Å². The zero-order valence-corrected chi connectivity index (χ0v) is 12.3. The monoisotopic (exact) mass is 316 g/mol. The van der Waals surface area contributed by atoms with Crippen molar-refractivity contribution in [2.45, 2.75) is 4.90 Å². The third-order valence-corrected chi connectivity index (χ3v) is 4.28. The minimum absolute atomic E-state index is 0.117. The standard InChI is InChI=1S/C10H13BN2O5S2/c1-19(15,16)7-6-13(10(11)14)8-2-4-9(5-3-8)20(12,17)18/h2-5H,6-7H2,1H3,(H2,12,17,18). The molecule has 1 aromatic carbocycles. The molecule has 0 spiro atoms. The fraction of sp³-hybridized carbons (Fsp3) is 0.300. The normalized spacial score (nSPS) is 12.1. The van der Waals surface area contributed by atoms with Crippen molar-refractivity contribution in [2.75, 3.05) is 23.5 Å². The summed E-state index contributed by atoms with van der Waals surface area (Å²) in [7, 11) is -1.92. The van der Waals surface area contributed by atoms with Crippen LogP contribution in [0.3, 0.4) is 0 Å². The Morgan fingerprint density at radius 1 is 1.20 bits per heavy atom. The van der Waals surface area contributed by atoms with Gasteiger partial charge in [-0.05, 0) is 24.3 Å². The van der Waals surface area contributed by atoms with E-state index in [4.69, 9.17) is 13.0 Å². The SMILES string of the molecule is [B]C(=O)N(CCS(C)(=O)=O)c1ccc(S(N)(=O)=O)cc1. The summed E-state index contributed by atoms with van der Waals surface area (Å²) in [6, 6.07) is 5.07. The highest BCUT2D eigenvalue weighted by molar-refractivity contribution is 7.90. The molecule has 0 heterocycles. The Morgan fingerprint density at radius 2 is 1.70 bits per heavy atom. The van der Waals surface area contributed by atoms with Gasteiger partial charge in [0.25, 0.3) is 0 Å². The van der Waals surface area contributed by atoms with E-state index in [9.17, 15) is 21.6 Å². The molecule has 0 aliphatic heterocycles. The van der Waals surface area contributed by atoms with E-state index in [0.29, 0.717) is 0 Å². The van der Waals surface area contributed by atoms with E-state index in [0.717, 1.165) is 11.2 Å². The Balaban J connectivity index is 3.02. The number of hydrogen-bond acceptors (Lipinski definition) is 5. The summed E-state index contributed by atoms with van der Waals surface area (Å²) in [5.74, 6) is -1.09. The van der Waals surface area contributed by atoms with E-state index in [-0.39, 0.29) is 22.9 Å². The molecule has 0 unspecified atom stereocenters. The molecule has 0 aromatic heterocycles. The average molecular weight is 316 g/mol. The van der Waals surface area contributed by atoms with Crippen molar-refractivity contribution < 1.29 is 21.6 Å². The predicted molar refractivity (Wildman–Crippen MR) is 76.0 cm³/mol. The average Bonchev–Trinajstić information content (AvgIpc) is 2.26. The van der Waals surface area contributed by atoms with E-state index in [1.165, 1.54) is 24.3 Å². The molecule has 1 rings (SSSR count). The van der Waals surface area contributed by atoms with E-state index >= 15 is 0 Å². The van der Waals surface area contributed by atoms with Crippen LogP contribution in [0.15, 0.2) is 29.2 Å². The van der Waals surface area contributed by atoms with Gasteiger partial charge in [0, 0.05) is 18.5 Å². The maximum Gasteiger partial charge on any atom is 0.238 e. The first kappa shape index (κ1) is 16.7. The zero-order chi connectivity index (χ0) is 15.6. The molecule has 0 saturated carbocycles. The number of carbonyl (C=O) groups excluding carboxylic acids is 1. The lowest BCUT2D eigenvalue weighted by atomic mass is 10.1. The Morgan fingerprint density at radius 3 is 2.05 bits per heavy atom. The van der Waals surface area contributed by atoms with Gasteiger partial charge in [-0.3, -0.25) is 4.79 Å². The van der Waals surface area contributed by atoms with E-state index < -0.39 is 25.7 Å². The Hall–Kier alpha value is -1.39. The zero-order valence-electron chi connectivity index (χ0n) is 10.7. The molecule has 0 saturated heterocycles. The first-order valence-electron chi connectivity index (χ1n) is 5.38. The molecule has 108 valence electrons. The van der Waals surface area contributed by atoms with Crippen molar-refractivity contribution in [3.63, 3.8) is 0 Å². The molecule has 0 atom stereocenters. The highest BCUT2D eigenvalue weighted by Crippen LogP contribution is 2.17. The summed E-state index contributed by atoms with van der Waals surface area (Å²) in [6.07, 6.45) is 1.04. The van der Waals surface area contributed by atoms with Gasteiger partial charge in [-0.15, -0.1) is 0 Å². The highest BCUT2D eigenvalue weighted by atomic mass is 32.2. The van der Waals surface area contributed by atoms with Gasteiger partial charge < -0.3 is 4.90 Å². The van der Waals surface area contributed by atoms with Gasteiger partial charge in [-0.2, -0.15) is 0 Å². The van der Waals surface area contributed by atoms with Crippen molar-refractivity contribution >= 4 is 39.2 Å². The van der Waals surface area contributed by atoms with Gasteiger partial charge in [0.2, 0.25) is 17.9 Å². The quantitative estimate of drug-likeness (QED) is 0.734.